The average molecular weight is 548 g/mol. The molecule has 4 amide bonds. The van der Waals surface area contributed by atoms with E-state index in [1.54, 1.807) is 18.2 Å². The smallest absolute Gasteiger partial charge is 0.286 e. The number of hydrogen-bond acceptors (Lipinski definition) is 6. The summed E-state index contributed by atoms with van der Waals surface area (Å²) < 4.78 is 34.9. The summed E-state index contributed by atoms with van der Waals surface area (Å²) in [5.74, 6) is -2.58. The molecule has 1 unspecified atom stereocenters. The largest absolute Gasteiger partial charge is 0.497 e. The van der Waals surface area contributed by atoms with Crippen LogP contribution < -0.4 is 20.6 Å². The number of thioether (sulfide) groups is 1. The van der Waals surface area contributed by atoms with Crippen molar-refractivity contribution >= 4 is 53.7 Å². The van der Waals surface area contributed by atoms with Gasteiger partial charge in [-0.05, 0) is 41.8 Å². The SMILES string of the molecule is COc1ccc2c(c1)CCN(C(=O)CC1SC(=O)NC1=O)[C@H]2C(=O)Nc1cc(F)c([Si](C)(C)C)c(F)c1. The molecule has 2 N–H and O–H groups in total. The first-order chi connectivity index (χ1) is 17.4. The first-order valence-corrected chi connectivity index (χ1v) is 16.0. The second kappa shape index (κ2) is 10.2. The van der Waals surface area contributed by atoms with Gasteiger partial charge in [-0.15, -0.1) is 0 Å². The number of nitrogens with one attached hydrogen (secondary N) is 2. The normalized spacial score (nSPS) is 19.4. The predicted octanol–water partition coefficient (Wildman–Crippen LogP) is 3.32. The molecule has 0 spiro atoms. The van der Waals surface area contributed by atoms with Gasteiger partial charge in [-0.25, -0.2) is 8.78 Å². The first kappa shape index (κ1) is 26.8. The van der Waals surface area contributed by atoms with Gasteiger partial charge >= 0.3 is 0 Å². The third-order valence-electron chi connectivity index (χ3n) is 6.33. The number of benzene rings is 2. The summed E-state index contributed by atoms with van der Waals surface area (Å²) in [7, 11) is -0.797. The number of carbonyl (C=O) groups excluding carboxylic acids is 4. The fraction of sp³-hybridized carbons (Fsp3) is 0.360. The molecule has 2 atom stereocenters. The van der Waals surface area contributed by atoms with Crippen LogP contribution in [0, 0.1) is 11.6 Å². The number of halogens is 2. The fourth-order valence-corrected chi connectivity index (χ4v) is 7.04. The Labute approximate surface area is 218 Å². The van der Waals surface area contributed by atoms with Crippen molar-refractivity contribution in [1.82, 2.24) is 10.2 Å². The summed E-state index contributed by atoms with van der Waals surface area (Å²) in [6.07, 6.45) is 0.158. The second-order valence-electron chi connectivity index (χ2n) is 9.95. The lowest BCUT2D eigenvalue weighted by Gasteiger charge is -2.37. The molecule has 0 aliphatic carbocycles. The Balaban J connectivity index is 1.66. The molecule has 2 aromatic rings. The van der Waals surface area contributed by atoms with Gasteiger partial charge in [0.2, 0.25) is 11.8 Å². The van der Waals surface area contributed by atoms with E-state index in [4.69, 9.17) is 4.74 Å². The number of ether oxygens (including phenoxy) is 1. The monoisotopic (exact) mass is 547 g/mol. The zero-order chi connectivity index (χ0) is 27.1. The maximum atomic E-state index is 14.8. The fourth-order valence-electron chi connectivity index (χ4n) is 4.66. The number of anilines is 1. The zero-order valence-electron chi connectivity index (χ0n) is 20.8. The minimum Gasteiger partial charge on any atom is -0.497 e. The lowest BCUT2D eigenvalue weighted by molar-refractivity contribution is -0.140. The van der Waals surface area contributed by atoms with Gasteiger partial charge in [-0.3, -0.25) is 24.5 Å². The number of carbonyl (C=O) groups is 4. The Bertz CT molecular complexity index is 1280. The third kappa shape index (κ3) is 5.54. The third-order valence-corrected chi connectivity index (χ3v) is 9.29. The molecule has 2 heterocycles. The first-order valence-electron chi connectivity index (χ1n) is 11.7. The predicted molar refractivity (Wildman–Crippen MR) is 139 cm³/mol. The summed E-state index contributed by atoms with van der Waals surface area (Å²) in [5, 5.41) is 3.34. The van der Waals surface area contributed by atoms with Crippen molar-refractivity contribution in [3.63, 3.8) is 0 Å². The van der Waals surface area contributed by atoms with Crippen molar-refractivity contribution in [1.29, 1.82) is 0 Å². The van der Waals surface area contributed by atoms with Crippen molar-refractivity contribution in [2.45, 2.75) is 43.8 Å². The molecule has 8 nitrogen and oxygen atoms in total. The van der Waals surface area contributed by atoms with Gasteiger partial charge in [-0.2, -0.15) is 0 Å². The van der Waals surface area contributed by atoms with Crippen molar-refractivity contribution < 1.29 is 32.7 Å². The van der Waals surface area contributed by atoms with Crippen molar-refractivity contribution in [3.8, 4) is 5.75 Å². The minimum atomic E-state index is -2.31. The van der Waals surface area contributed by atoms with E-state index in [-0.39, 0.29) is 23.8 Å². The Kier molecular flexibility index (Phi) is 7.42. The van der Waals surface area contributed by atoms with Crippen LogP contribution in [0.2, 0.25) is 19.6 Å². The molecule has 2 aromatic carbocycles. The Morgan fingerprint density at radius 1 is 1.16 bits per heavy atom. The molecule has 2 aliphatic rings. The van der Waals surface area contributed by atoms with Crippen LogP contribution in [0.25, 0.3) is 0 Å². The van der Waals surface area contributed by atoms with Crippen LogP contribution >= 0.6 is 11.8 Å². The van der Waals surface area contributed by atoms with E-state index < -0.39 is 54.0 Å². The number of amides is 4. The maximum absolute atomic E-state index is 14.8. The van der Waals surface area contributed by atoms with Gasteiger partial charge in [0.25, 0.3) is 11.1 Å². The summed E-state index contributed by atoms with van der Waals surface area (Å²) >= 11 is 0.731. The Morgan fingerprint density at radius 3 is 2.41 bits per heavy atom. The highest BCUT2D eigenvalue weighted by atomic mass is 32.2. The van der Waals surface area contributed by atoms with E-state index in [1.807, 2.05) is 19.6 Å². The molecular weight excluding hydrogens is 520 g/mol. The van der Waals surface area contributed by atoms with Crippen LogP contribution in [0.1, 0.15) is 23.6 Å². The molecule has 12 heteroatoms. The van der Waals surface area contributed by atoms with Gasteiger partial charge in [0, 0.05) is 23.8 Å². The summed E-state index contributed by atoms with van der Waals surface area (Å²) in [6, 6.07) is 6.17. The van der Waals surface area contributed by atoms with Gasteiger partial charge in [0.15, 0.2) is 0 Å². The van der Waals surface area contributed by atoms with Gasteiger partial charge in [0.05, 0.1) is 15.2 Å². The van der Waals surface area contributed by atoms with Crippen molar-refractivity contribution in [3.05, 3.63) is 53.1 Å². The molecule has 196 valence electrons. The summed E-state index contributed by atoms with van der Waals surface area (Å²) in [5.41, 5.74) is 1.27. The lowest BCUT2D eigenvalue weighted by atomic mass is 9.91. The number of hydrogen-bond donors (Lipinski definition) is 2. The van der Waals surface area contributed by atoms with E-state index >= 15 is 0 Å². The van der Waals surface area contributed by atoms with Gasteiger partial charge in [-0.1, -0.05) is 37.5 Å². The minimum absolute atomic E-state index is 0.0410. The number of methoxy groups -OCH3 is 1. The van der Waals surface area contributed by atoms with E-state index in [2.05, 4.69) is 10.6 Å². The molecule has 0 saturated carbocycles. The number of imide groups is 1. The molecule has 4 rings (SSSR count). The topological polar surface area (TPSA) is 105 Å². The summed E-state index contributed by atoms with van der Waals surface area (Å²) in [4.78, 5) is 51.7. The van der Waals surface area contributed by atoms with E-state index in [9.17, 15) is 28.0 Å². The summed E-state index contributed by atoms with van der Waals surface area (Å²) in [6.45, 7) is 5.63. The van der Waals surface area contributed by atoms with Crippen LogP contribution in [-0.2, 0) is 20.8 Å². The number of rotatable bonds is 6. The molecule has 1 fully saturated rings. The highest BCUT2D eigenvalue weighted by Crippen LogP contribution is 2.35. The molecule has 0 bridgehead atoms. The van der Waals surface area contributed by atoms with Gasteiger partial charge < -0.3 is 15.0 Å². The van der Waals surface area contributed by atoms with Crippen LogP contribution in [0.4, 0.5) is 19.3 Å². The molecule has 1 saturated heterocycles. The zero-order valence-corrected chi connectivity index (χ0v) is 22.6. The molecule has 0 aromatic heterocycles. The average Bonchev–Trinajstić information content (AvgIpc) is 3.12. The van der Waals surface area contributed by atoms with Crippen LogP contribution in [0.15, 0.2) is 30.3 Å². The molecular formula is C25H27F2N3O5SSi. The van der Waals surface area contributed by atoms with Crippen molar-refractivity contribution in [2.75, 3.05) is 19.0 Å². The van der Waals surface area contributed by atoms with E-state index in [0.29, 0.717) is 17.7 Å². The number of fused-ring (bicyclic) bond motifs is 1. The van der Waals surface area contributed by atoms with E-state index in [1.165, 1.54) is 12.0 Å². The standard InChI is InChI=1S/C25H27F2N3O5SSi/c1-35-15-5-6-16-13(9-15)7-8-30(20(31)12-19-23(32)29-25(34)36-19)21(16)24(33)28-14-10-17(26)22(18(27)11-14)37(2,3)4/h5-6,9-11,19,21H,7-8,12H2,1-4H3,(H,28,33)(H,29,32,34)/t19?,21-/m1/s1. The Morgan fingerprint density at radius 2 is 1.84 bits per heavy atom. The number of nitrogens with zero attached hydrogens (tertiary/aromatic N) is 1. The molecule has 37 heavy (non-hydrogen) atoms. The van der Waals surface area contributed by atoms with Crippen LogP contribution in [0.3, 0.4) is 0 Å². The highest BCUT2D eigenvalue weighted by Gasteiger charge is 2.40. The highest BCUT2D eigenvalue weighted by molar-refractivity contribution is 8.15. The maximum Gasteiger partial charge on any atom is 0.286 e. The van der Waals surface area contributed by atoms with E-state index in [0.717, 1.165) is 29.5 Å². The van der Waals surface area contributed by atoms with Gasteiger partial charge in [0.1, 0.15) is 28.7 Å². The lowest BCUT2D eigenvalue weighted by Crippen LogP contribution is -2.46. The van der Waals surface area contributed by atoms with Crippen molar-refractivity contribution in [2.24, 2.45) is 0 Å². The molecule has 0 radical (unpaired) electrons. The van der Waals surface area contributed by atoms with Crippen LogP contribution in [0.5, 0.6) is 5.75 Å². The van der Waals surface area contributed by atoms with Crippen LogP contribution in [-0.4, -0.2) is 54.8 Å². The second-order valence-corrected chi connectivity index (χ2v) is 16.1. The Hall–Kier alpha value is -3.25. The quantitative estimate of drug-likeness (QED) is 0.538. The molecule has 2 aliphatic heterocycles.